The molecule has 1 aliphatic heterocycles. The van der Waals surface area contributed by atoms with Gasteiger partial charge in [0.1, 0.15) is 0 Å². The summed E-state index contributed by atoms with van der Waals surface area (Å²) in [4.78, 5) is 39.5. The zero-order chi connectivity index (χ0) is 19.7. The molecule has 0 radical (unpaired) electrons. The van der Waals surface area contributed by atoms with Gasteiger partial charge in [-0.05, 0) is 50.6 Å². The van der Waals surface area contributed by atoms with E-state index >= 15 is 0 Å². The fourth-order valence-electron chi connectivity index (χ4n) is 3.15. The lowest BCUT2D eigenvalue weighted by atomic mass is 10.0. The third-order valence-corrected chi connectivity index (χ3v) is 4.47. The van der Waals surface area contributed by atoms with Crippen LogP contribution in [0, 0.1) is 13.8 Å². The molecule has 7 heteroatoms. The molecule has 0 saturated carbocycles. The van der Waals surface area contributed by atoms with E-state index in [4.69, 9.17) is 9.47 Å². The lowest BCUT2D eigenvalue weighted by Crippen LogP contribution is -2.06. The van der Waals surface area contributed by atoms with Gasteiger partial charge in [-0.2, -0.15) is 0 Å². The number of carbonyl (C=O) groups excluding carboxylic acids is 3. The third kappa shape index (κ3) is 3.23. The Morgan fingerprint density at radius 2 is 1.93 bits per heavy atom. The Balaban J connectivity index is 2.07. The molecule has 0 spiro atoms. The zero-order valence-corrected chi connectivity index (χ0v) is 15.6. The summed E-state index contributed by atoms with van der Waals surface area (Å²) in [6.45, 7) is 5.60. The summed E-state index contributed by atoms with van der Waals surface area (Å²) in [7, 11) is 1.30. The Morgan fingerprint density at radius 1 is 1.19 bits per heavy atom. The van der Waals surface area contributed by atoms with Crippen molar-refractivity contribution in [3.63, 3.8) is 0 Å². The van der Waals surface area contributed by atoms with Crippen LogP contribution in [0.25, 0.3) is 11.6 Å². The molecule has 1 aliphatic rings. The average Bonchev–Trinajstić information content (AvgIpc) is 3.10. The molecule has 2 N–H and O–H groups in total. The van der Waals surface area contributed by atoms with Crippen molar-refractivity contribution < 1.29 is 23.9 Å². The minimum atomic E-state index is -0.479. The molecule has 0 atom stereocenters. The quantitative estimate of drug-likeness (QED) is 0.638. The van der Waals surface area contributed by atoms with Gasteiger partial charge in [0, 0.05) is 22.6 Å². The average molecular weight is 368 g/mol. The molecule has 2 heterocycles. The van der Waals surface area contributed by atoms with Crippen LogP contribution in [0.5, 0.6) is 0 Å². The number of methoxy groups -OCH3 is 1. The molecule has 7 nitrogen and oxygen atoms in total. The van der Waals surface area contributed by atoms with Gasteiger partial charge in [-0.15, -0.1) is 0 Å². The Bertz CT molecular complexity index is 984. The molecule has 1 aromatic heterocycles. The topological polar surface area (TPSA) is 97.5 Å². The molecule has 2 aromatic rings. The van der Waals surface area contributed by atoms with Gasteiger partial charge in [0.05, 0.1) is 30.4 Å². The van der Waals surface area contributed by atoms with E-state index in [2.05, 4.69) is 10.3 Å². The number of ether oxygens (including phenoxy) is 2. The van der Waals surface area contributed by atoms with E-state index in [0.717, 1.165) is 0 Å². The van der Waals surface area contributed by atoms with Crippen LogP contribution in [0.4, 0.5) is 5.69 Å². The number of amides is 1. The molecule has 140 valence electrons. The smallest absolute Gasteiger partial charge is 0.340 e. The molecule has 0 bridgehead atoms. The number of hydrogen-bond donors (Lipinski definition) is 2. The van der Waals surface area contributed by atoms with Gasteiger partial charge in [0.15, 0.2) is 0 Å². The number of nitrogens with one attached hydrogen (secondary N) is 2. The monoisotopic (exact) mass is 368 g/mol. The van der Waals surface area contributed by atoms with Crippen LogP contribution in [-0.4, -0.2) is 36.5 Å². The second-order valence-electron chi connectivity index (χ2n) is 6.15. The summed E-state index contributed by atoms with van der Waals surface area (Å²) in [6.07, 6.45) is 1.67. The van der Waals surface area contributed by atoms with E-state index in [1.165, 1.54) is 7.11 Å². The van der Waals surface area contributed by atoms with Crippen LogP contribution in [0.3, 0.4) is 0 Å². The summed E-state index contributed by atoms with van der Waals surface area (Å²) in [5.74, 6) is -1.16. The first-order chi connectivity index (χ1) is 12.9. The van der Waals surface area contributed by atoms with Gasteiger partial charge in [-0.1, -0.05) is 0 Å². The predicted octanol–water partition coefficient (Wildman–Crippen LogP) is 3.09. The van der Waals surface area contributed by atoms with E-state index in [1.54, 1.807) is 45.0 Å². The summed E-state index contributed by atoms with van der Waals surface area (Å²) < 4.78 is 9.84. The highest BCUT2D eigenvalue weighted by Crippen LogP contribution is 2.35. The van der Waals surface area contributed by atoms with E-state index in [9.17, 15) is 14.4 Å². The van der Waals surface area contributed by atoms with Crippen LogP contribution in [0.2, 0.25) is 0 Å². The number of aromatic nitrogens is 1. The third-order valence-electron chi connectivity index (χ3n) is 4.47. The Kier molecular flexibility index (Phi) is 4.85. The number of aryl methyl sites for hydroxylation is 1. The molecule has 1 amide bonds. The largest absolute Gasteiger partial charge is 0.465 e. The van der Waals surface area contributed by atoms with E-state index < -0.39 is 11.9 Å². The molecule has 0 unspecified atom stereocenters. The van der Waals surface area contributed by atoms with Crippen molar-refractivity contribution in [3.8, 4) is 0 Å². The minimum Gasteiger partial charge on any atom is -0.465 e. The number of esters is 2. The van der Waals surface area contributed by atoms with Crippen LogP contribution >= 0.6 is 0 Å². The first-order valence-corrected chi connectivity index (χ1v) is 8.49. The SMILES string of the molecule is CCOC(=O)c1c(C)[nH]c(C=C2C(=O)Nc3ccc(C(=O)OC)cc32)c1C. The molecular formula is C20H20N2O5. The van der Waals surface area contributed by atoms with Crippen LogP contribution < -0.4 is 5.32 Å². The van der Waals surface area contributed by atoms with Crippen molar-refractivity contribution in [1.82, 2.24) is 4.98 Å². The van der Waals surface area contributed by atoms with Crippen molar-refractivity contribution in [2.24, 2.45) is 0 Å². The second kappa shape index (κ2) is 7.11. The Labute approximate surface area is 156 Å². The molecule has 1 aromatic carbocycles. The number of aromatic amines is 1. The molecular weight excluding hydrogens is 348 g/mol. The van der Waals surface area contributed by atoms with E-state index in [0.29, 0.717) is 44.9 Å². The van der Waals surface area contributed by atoms with Gasteiger partial charge >= 0.3 is 11.9 Å². The summed E-state index contributed by atoms with van der Waals surface area (Å²) in [5.41, 5.74) is 4.43. The number of rotatable bonds is 4. The molecule has 0 aliphatic carbocycles. The molecule has 0 fully saturated rings. The summed E-state index contributed by atoms with van der Waals surface area (Å²) >= 11 is 0. The van der Waals surface area contributed by atoms with Crippen LogP contribution in [0.1, 0.15) is 50.2 Å². The van der Waals surface area contributed by atoms with Crippen molar-refractivity contribution >= 4 is 35.2 Å². The first kappa shape index (κ1) is 18.4. The van der Waals surface area contributed by atoms with Crippen LogP contribution in [-0.2, 0) is 14.3 Å². The number of H-pyrrole nitrogens is 1. The highest BCUT2D eigenvalue weighted by Gasteiger charge is 2.27. The minimum absolute atomic E-state index is 0.281. The Morgan fingerprint density at radius 3 is 2.59 bits per heavy atom. The van der Waals surface area contributed by atoms with Gasteiger partial charge in [-0.3, -0.25) is 4.79 Å². The molecule has 0 saturated heterocycles. The van der Waals surface area contributed by atoms with Crippen molar-refractivity contribution in [1.29, 1.82) is 0 Å². The summed E-state index contributed by atoms with van der Waals surface area (Å²) in [6, 6.07) is 4.87. The highest BCUT2D eigenvalue weighted by molar-refractivity contribution is 6.35. The van der Waals surface area contributed by atoms with Gasteiger partial charge in [0.2, 0.25) is 0 Å². The first-order valence-electron chi connectivity index (χ1n) is 8.49. The van der Waals surface area contributed by atoms with Gasteiger partial charge in [-0.25, -0.2) is 9.59 Å². The lowest BCUT2D eigenvalue weighted by molar-refractivity contribution is -0.110. The molecule has 27 heavy (non-hydrogen) atoms. The second-order valence-corrected chi connectivity index (χ2v) is 6.15. The summed E-state index contributed by atoms with van der Waals surface area (Å²) in [5, 5.41) is 2.77. The predicted molar refractivity (Wildman–Crippen MR) is 101 cm³/mol. The van der Waals surface area contributed by atoms with Gasteiger partial charge < -0.3 is 19.8 Å². The normalized spacial score (nSPS) is 14.1. The lowest BCUT2D eigenvalue weighted by Gasteiger charge is -2.03. The van der Waals surface area contributed by atoms with E-state index in [1.807, 2.05) is 0 Å². The van der Waals surface area contributed by atoms with E-state index in [-0.39, 0.29) is 12.5 Å². The van der Waals surface area contributed by atoms with Gasteiger partial charge in [0.25, 0.3) is 5.91 Å². The fraction of sp³-hybridized carbons (Fsp3) is 0.250. The molecule has 3 rings (SSSR count). The van der Waals surface area contributed by atoms with Crippen molar-refractivity contribution in [2.75, 3.05) is 19.0 Å². The number of benzene rings is 1. The number of carbonyl (C=O) groups is 3. The van der Waals surface area contributed by atoms with Crippen molar-refractivity contribution in [3.05, 3.63) is 51.8 Å². The zero-order valence-electron chi connectivity index (χ0n) is 15.6. The number of fused-ring (bicyclic) bond motifs is 1. The highest BCUT2D eigenvalue weighted by atomic mass is 16.5. The Hall–Kier alpha value is -3.35. The fourth-order valence-corrected chi connectivity index (χ4v) is 3.15. The number of hydrogen-bond acceptors (Lipinski definition) is 5. The maximum atomic E-state index is 12.4. The number of anilines is 1. The maximum Gasteiger partial charge on any atom is 0.340 e. The standard InChI is InChI=1S/C20H20N2O5/c1-5-27-20(25)17-10(2)16(21-11(17)3)9-14-13-8-12(19(24)26-4)6-7-15(13)22-18(14)23/h6-9,21H,5H2,1-4H3,(H,22,23). The maximum absolute atomic E-state index is 12.4. The van der Waals surface area contributed by atoms with Crippen LogP contribution in [0.15, 0.2) is 18.2 Å². The van der Waals surface area contributed by atoms with Crippen molar-refractivity contribution in [2.45, 2.75) is 20.8 Å².